The molecule has 13 rings (SSSR count). The van der Waals surface area contributed by atoms with Gasteiger partial charge in [0, 0.05) is 50.6 Å². The summed E-state index contributed by atoms with van der Waals surface area (Å²) in [5.41, 5.74) is 14.5. The first-order chi connectivity index (χ1) is 31.6. The molecule has 4 heterocycles. The van der Waals surface area contributed by atoms with Crippen molar-refractivity contribution in [2.75, 3.05) is 0 Å². The summed E-state index contributed by atoms with van der Waals surface area (Å²) >= 11 is 0. The zero-order valence-corrected chi connectivity index (χ0v) is 34.4. The molecule has 0 saturated heterocycles. The highest BCUT2D eigenvalue weighted by molar-refractivity contribution is 6.12. The summed E-state index contributed by atoms with van der Waals surface area (Å²) in [6.45, 7) is 0. The number of furan rings is 2. The smallest absolute Gasteiger partial charge is 0.160 e. The summed E-state index contributed by atoms with van der Waals surface area (Å²) in [6.07, 6.45) is 3.68. The van der Waals surface area contributed by atoms with E-state index in [0.29, 0.717) is 5.82 Å². The van der Waals surface area contributed by atoms with Crippen LogP contribution in [-0.2, 0) is 0 Å². The molecule has 0 atom stereocenters. The van der Waals surface area contributed by atoms with Crippen LogP contribution in [0.25, 0.3) is 133 Å². The number of nitrogens with zero attached hydrogens (tertiary/aromatic N) is 3. The molecule has 298 valence electrons. The van der Waals surface area contributed by atoms with E-state index in [-0.39, 0.29) is 0 Å². The first kappa shape index (κ1) is 36.0. The number of fused-ring (bicyclic) bond motifs is 8. The van der Waals surface area contributed by atoms with E-state index in [9.17, 15) is 0 Å². The van der Waals surface area contributed by atoms with Crippen molar-refractivity contribution in [3.05, 3.63) is 213 Å². The van der Waals surface area contributed by atoms with Crippen LogP contribution < -0.4 is 0 Å². The van der Waals surface area contributed by atoms with Crippen molar-refractivity contribution >= 4 is 65.4 Å². The van der Waals surface area contributed by atoms with Crippen molar-refractivity contribution in [2.24, 2.45) is 0 Å². The van der Waals surface area contributed by atoms with Gasteiger partial charge in [0.2, 0.25) is 0 Å². The fraction of sp³-hybridized carbons (Fsp3) is 0. The first-order valence-corrected chi connectivity index (χ1v) is 21.5. The van der Waals surface area contributed by atoms with Gasteiger partial charge in [-0.3, -0.25) is 4.98 Å². The standard InChI is InChI=1S/C59H35N3O2/c1-2-9-37(10-3-1)53-34-54(62-59(61-53)38-18-16-36(17-19-38)45-15-8-24-60-35-45)48-26-46(43-20-22-55-49(30-43)51-28-39-11-4-6-13-41(39)32-57(51)63-55)25-47(27-48)44-21-23-56-50(31-44)52-29-40-12-5-7-14-42(40)33-58(52)64-56/h1-35H. The second kappa shape index (κ2) is 14.5. The van der Waals surface area contributed by atoms with E-state index in [0.717, 1.165) is 116 Å². The van der Waals surface area contributed by atoms with Crippen LogP contribution in [0, 0.1) is 0 Å². The Morgan fingerprint density at radius 1 is 0.281 bits per heavy atom. The molecule has 5 heteroatoms. The van der Waals surface area contributed by atoms with Crippen LogP contribution in [-0.4, -0.2) is 15.0 Å². The molecule has 0 N–H and O–H groups in total. The minimum absolute atomic E-state index is 0.651. The molecule has 0 aliphatic carbocycles. The summed E-state index contributed by atoms with van der Waals surface area (Å²) in [4.78, 5) is 14.8. The van der Waals surface area contributed by atoms with E-state index in [4.69, 9.17) is 18.8 Å². The molecule has 5 nitrogen and oxygen atoms in total. The molecule has 0 saturated carbocycles. The lowest BCUT2D eigenvalue weighted by molar-refractivity contribution is 0.669. The van der Waals surface area contributed by atoms with E-state index in [1.807, 2.05) is 18.3 Å². The molecule has 0 radical (unpaired) electrons. The Morgan fingerprint density at radius 2 is 0.750 bits per heavy atom. The van der Waals surface area contributed by atoms with Crippen LogP contribution in [0.1, 0.15) is 0 Å². The van der Waals surface area contributed by atoms with E-state index in [1.165, 1.54) is 10.8 Å². The highest BCUT2D eigenvalue weighted by Crippen LogP contribution is 2.40. The summed E-state index contributed by atoms with van der Waals surface area (Å²) in [7, 11) is 0. The lowest BCUT2D eigenvalue weighted by Gasteiger charge is -2.14. The Hall–Kier alpha value is -8.67. The normalized spacial score (nSPS) is 11.8. The van der Waals surface area contributed by atoms with Crippen molar-refractivity contribution in [3.8, 4) is 67.3 Å². The molecule has 0 aliphatic rings. The SMILES string of the molecule is c1ccc(-c2cc(-c3cc(-c4ccc5oc6cc7ccccc7cc6c5c4)cc(-c4ccc5oc6cc7ccccc7cc6c5c4)c3)nc(-c3ccc(-c4cccnc4)cc3)n2)cc1. The van der Waals surface area contributed by atoms with Crippen molar-refractivity contribution in [1.29, 1.82) is 0 Å². The number of aromatic nitrogens is 3. The number of benzene rings is 9. The van der Waals surface area contributed by atoms with Gasteiger partial charge in [0.15, 0.2) is 5.82 Å². The summed E-state index contributed by atoms with van der Waals surface area (Å²) in [6, 6.07) is 70.4. The fourth-order valence-corrected chi connectivity index (χ4v) is 9.22. The van der Waals surface area contributed by atoms with Gasteiger partial charge in [-0.15, -0.1) is 0 Å². The maximum Gasteiger partial charge on any atom is 0.160 e. The van der Waals surface area contributed by atoms with Gasteiger partial charge < -0.3 is 8.83 Å². The highest BCUT2D eigenvalue weighted by atomic mass is 16.3. The van der Waals surface area contributed by atoms with Gasteiger partial charge in [0.1, 0.15) is 22.3 Å². The second-order valence-electron chi connectivity index (χ2n) is 16.5. The topological polar surface area (TPSA) is 65.0 Å². The van der Waals surface area contributed by atoms with Gasteiger partial charge in [0.05, 0.1) is 11.4 Å². The zero-order chi connectivity index (χ0) is 42.1. The average Bonchev–Trinajstić information content (AvgIpc) is 3.91. The Bertz CT molecular complexity index is 3770. The number of hydrogen-bond acceptors (Lipinski definition) is 5. The summed E-state index contributed by atoms with van der Waals surface area (Å²) in [5, 5.41) is 9.03. The molecule has 0 bridgehead atoms. The van der Waals surface area contributed by atoms with Crippen molar-refractivity contribution < 1.29 is 8.83 Å². The third kappa shape index (κ3) is 6.21. The molecule has 0 amide bonds. The van der Waals surface area contributed by atoms with Crippen molar-refractivity contribution in [2.45, 2.75) is 0 Å². The van der Waals surface area contributed by atoms with E-state index in [2.05, 4.69) is 193 Å². The van der Waals surface area contributed by atoms with Gasteiger partial charge in [-0.1, -0.05) is 121 Å². The molecule has 64 heavy (non-hydrogen) atoms. The molecular formula is C59H35N3O2. The quantitative estimate of drug-likeness (QED) is 0.167. The maximum atomic E-state index is 6.45. The van der Waals surface area contributed by atoms with Crippen LogP contribution >= 0.6 is 0 Å². The van der Waals surface area contributed by atoms with Crippen molar-refractivity contribution in [1.82, 2.24) is 15.0 Å². The van der Waals surface area contributed by atoms with Crippen molar-refractivity contribution in [3.63, 3.8) is 0 Å². The number of hydrogen-bond donors (Lipinski definition) is 0. The van der Waals surface area contributed by atoms with Gasteiger partial charge in [-0.2, -0.15) is 0 Å². The van der Waals surface area contributed by atoms with Crippen LogP contribution in [0.5, 0.6) is 0 Å². The number of pyridine rings is 1. The van der Waals surface area contributed by atoms with E-state index in [1.54, 1.807) is 6.20 Å². The van der Waals surface area contributed by atoms with Gasteiger partial charge in [0.25, 0.3) is 0 Å². The fourth-order valence-electron chi connectivity index (χ4n) is 9.22. The van der Waals surface area contributed by atoms with E-state index < -0.39 is 0 Å². The first-order valence-electron chi connectivity index (χ1n) is 21.5. The summed E-state index contributed by atoms with van der Waals surface area (Å²) in [5.74, 6) is 0.651. The molecule has 9 aromatic carbocycles. The predicted octanol–water partition coefficient (Wildman–Crippen LogP) is 16.0. The zero-order valence-electron chi connectivity index (χ0n) is 34.4. The van der Waals surface area contributed by atoms with E-state index >= 15 is 0 Å². The number of rotatable bonds is 6. The molecule has 0 aliphatic heterocycles. The molecule has 0 spiro atoms. The minimum Gasteiger partial charge on any atom is -0.456 e. The van der Waals surface area contributed by atoms with Crippen LogP contribution in [0.15, 0.2) is 221 Å². The van der Waals surface area contributed by atoms with Crippen LogP contribution in [0.2, 0.25) is 0 Å². The minimum atomic E-state index is 0.651. The monoisotopic (exact) mass is 817 g/mol. The third-order valence-corrected chi connectivity index (χ3v) is 12.5. The largest absolute Gasteiger partial charge is 0.456 e. The molecule has 0 fully saturated rings. The average molecular weight is 818 g/mol. The Kier molecular flexibility index (Phi) is 8.15. The molecule has 4 aromatic heterocycles. The lowest BCUT2D eigenvalue weighted by Crippen LogP contribution is -1.96. The van der Waals surface area contributed by atoms with Gasteiger partial charge in [-0.25, -0.2) is 9.97 Å². The Balaban J connectivity index is 1.01. The predicted molar refractivity (Wildman–Crippen MR) is 262 cm³/mol. The molecular weight excluding hydrogens is 783 g/mol. The lowest BCUT2D eigenvalue weighted by atomic mass is 9.93. The third-order valence-electron chi connectivity index (χ3n) is 12.5. The van der Waals surface area contributed by atoms with Gasteiger partial charge >= 0.3 is 0 Å². The van der Waals surface area contributed by atoms with Gasteiger partial charge in [-0.05, 0) is 134 Å². The molecule has 0 unspecified atom stereocenters. The highest BCUT2D eigenvalue weighted by Gasteiger charge is 2.17. The molecule has 13 aromatic rings. The summed E-state index contributed by atoms with van der Waals surface area (Å²) < 4.78 is 12.9. The maximum absolute atomic E-state index is 6.45. The van der Waals surface area contributed by atoms with Crippen LogP contribution in [0.4, 0.5) is 0 Å². The van der Waals surface area contributed by atoms with Crippen LogP contribution in [0.3, 0.4) is 0 Å². The Labute approximate surface area is 367 Å². The Morgan fingerprint density at radius 3 is 1.31 bits per heavy atom. The second-order valence-corrected chi connectivity index (χ2v) is 16.5.